The molecule has 136 valence electrons. The topological polar surface area (TPSA) is 102 Å². The van der Waals surface area contributed by atoms with Crippen molar-refractivity contribution in [2.75, 3.05) is 0 Å². The number of Topliss-reactive ketones (excluding diaryl/α,β-unsaturated/α-hetero) is 1. The average Bonchev–Trinajstić information content (AvgIpc) is 3.10. The molecule has 0 saturated carbocycles. The van der Waals surface area contributed by atoms with Gasteiger partial charge in [0.05, 0.1) is 11.6 Å². The van der Waals surface area contributed by atoms with Crippen LogP contribution < -0.4 is 5.73 Å². The molecule has 2 aliphatic rings. The number of aromatic nitrogens is 1. The van der Waals surface area contributed by atoms with E-state index in [4.69, 9.17) is 15.0 Å². The molecule has 27 heavy (non-hydrogen) atoms. The van der Waals surface area contributed by atoms with Crippen LogP contribution in [-0.4, -0.2) is 10.9 Å². The van der Waals surface area contributed by atoms with E-state index >= 15 is 0 Å². The summed E-state index contributed by atoms with van der Waals surface area (Å²) in [4.78, 5) is 12.9. The first-order chi connectivity index (χ1) is 12.9. The summed E-state index contributed by atoms with van der Waals surface area (Å²) in [5, 5.41) is 13.8. The summed E-state index contributed by atoms with van der Waals surface area (Å²) < 4.78 is 11.2. The molecule has 1 aliphatic carbocycles. The van der Waals surface area contributed by atoms with Crippen LogP contribution in [0, 0.1) is 16.7 Å². The van der Waals surface area contributed by atoms with Crippen LogP contribution in [0.5, 0.6) is 0 Å². The zero-order valence-electron chi connectivity index (χ0n) is 15.2. The number of allylic oxidation sites excluding steroid dienone is 3. The molecule has 4 rings (SSSR count). The van der Waals surface area contributed by atoms with Crippen LogP contribution in [0.15, 0.2) is 63.7 Å². The van der Waals surface area contributed by atoms with Gasteiger partial charge >= 0.3 is 0 Å². The molecule has 6 nitrogen and oxygen atoms in total. The number of benzene rings is 1. The summed E-state index contributed by atoms with van der Waals surface area (Å²) in [5.41, 5.74) is 7.79. The van der Waals surface area contributed by atoms with Gasteiger partial charge in [0, 0.05) is 30.0 Å². The first-order valence-corrected chi connectivity index (χ1v) is 8.75. The maximum atomic E-state index is 12.9. The fourth-order valence-corrected chi connectivity index (χ4v) is 3.74. The summed E-state index contributed by atoms with van der Waals surface area (Å²) in [6, 6.07) is 13.4. The van der Waals surface area contributed by atoms with Crippen molar-refractivity contribution in [2.24, 2.45) is 11.1 Å². The van der Waals surface area contributed by atoms with E-state index in [1.165, 1.54) is 0 Å². The van der Waals surface area contributed by atoms with Crippen LogP contribution >= 0.6 is 0 Å². The fourth-order valence-electron chi connectivity index (χ4n) is 3.74. The van der Waals surface area contributed by atoms with Crippen LogP contribution in [0.4, 0.5) is 0 Å². The number of ketones is 1. The zero-order valence-corrected chi connectivity index (χ0v) is 15.2. The van der Waals surface area contributed by atoms with E-state index in [0.717, 1.165) is 5.56 Å². The van der Waals surface area contributed by atoms with E-state index in [1.807, 2.05) is 44.2 Å². The largest absolute Gasteiger partial charge is 0.444 e. The Labute approximate surface area is 156 Å². The third kappa shape index (κ3) is 2.91. The van der Waals surface area contributed by atoms with Gasteiger partial charge in [0.25, 0.3) is 0 Å². The second-order valence-electron chi connectivity index (χ2n) is 7.68. The van der Waals surface area contributed by atoms with Crippen molar-refractivity contribution in [1.29, 1.82) is 5.26 Å². The molecule has 0 radical (unpaired) electrons. The van der Waals surface area contributed by atoms with Crippen LogP contribution in [0.25, 0.3) is 11.3 Å². The molecule has 1 aromatic carbocycles. The molecule has 1 unspecified atom stereocenters. The van der Waals surface area contributed by atoms with Gasteiger partial charge in [0.1, 0.15) is 17.4 Å². The SMILES string of the molecule is CC1(C)CC(=O)C2=C(C1)OC(N)=C(C#N)C2c1cc(-c2ccccc2)on1. The van der Waals surface area contributed by atoms with Gasteiger partial charge in [0.15, 0.2) is 11.5 Å². The minimum atomic E-state index is -0.663. The number of rotatable bonds is 2. The maximum Gasteiger partial charge on any atom is 0.205 e. The predicted molar refractivity (Wildman–Crippen MR) is 97.6 cm³/mol. The number of hydrogen-bond acceptors (Lipinski definition) is 6. The maximum absolute atomic E-state index is 12.9. The molecule has 6 heteroatoms. The third-order valence-electron chi connectivity index (χ3n) is 4.96. The Kier molecular flexibility index (Phi) is 3.88. The zero-order chi connectivity index (χ0) is 19.2. The monoisotopic (exact) mass is 361 g/mol. The van der Waals surface area contributed by atoms with Gasteiger partial charge in [-0.2, -0.15) is 5.26 Å². The summed E-state index contributed by atoms with van der Waals surface area (Å²) >= 11 is 0. The summed E-state index contributed by atoms with van der Waals surface area (Å²) in [5.74, 6) is 0.413. The highest BCUT2D eigenvalue weighted by Gasteiger charge is 2.44. The van der Waals surface area contributed by atoms with E-state index in [9.17, 15) is 10.1 Å². The molecule has 1 aromatic heterocycles. The highest BCUT2D eigenvalue weighted by Crippen LogP contribution is 2.47. The molecule has 0 spiro atoms. The fraction of sp³-hybridized carbons (Fsp3) is 0.286. The molecule has 1 atom stereocenters. The van der Waals surface area contributed by atoms with Crippen molar-refractivity contribution in [2.45, 2.75) is 32.6 Å². The van der Waals surface area contributed by atoms with E-state index in [0.29, 0.717) is 35.6 Å². The van der Waals surface area contributed by atoms with Crippen molar-refractivity contribution in [3.05, 3.63) is 64.9 Å². The molecule has 0 saturated heterocycles. The summed E-state index contributed by atoms with van der Waals surface area (Å²) in [6.07, 6.45) is 0.959. The predicted octanol–water partition coefficient (Wildman–Crippen LogP) is 3.79. The first kappa shape index (κ1) is 17.1. The van der Waals surface area contributed by atoms with Crippen LogP contribution in [0.3, 0.4) is 0 Å². The van der Waals surface area contributed by atoms with Crippen molar-refractivity contribution in [3.8, 4) is 17.4 Å². The highest BCUT2D eigenvalue weighted by atomic mass is 16.5. The Bertz CT molecular complexity index is 1020. The normalized spacial score (nSPS) is 21.5. The van der Waals surface area contributed by atoms with Gasteiger partial charge in [-0.15, -0.1) is 0 Å². The Balaban J connectivity index is 1.83. The van der Waals surface area contributed by atoms with Gasteiger partial charge in [0.2, 0.25) is 5.88 Å². The average molecular weight is 361 g/mol. The molecule has 0 fully saturated rings. The smallest absolute Gasteiger partial charge is 0.205 e. The third-order valence-corrected chi connectivity index (χ3v) is 4.96. The van der Waals surface area contributed by atoms with Gasteiger partial charge in [-0.3, -0.25) is 4.79 Å². The van der Waals surface area contributed by atoms with Crippen molar-refractivity contribution >= 4 is 5.78 Å². The molecule has 2 heterocycles. The van der Waals surface area contributed by atoms with Gasteiger partial charge < -0.3 is 15.0 Å². The lowest BCUT2D eigenvalue weighted by atomic mass is 9.71. The minimum Gasteiger partial charge on any atom is -0.444 e. The molecule has 0 amide bonds. The van der Waals surface area contributed by atoms with Gasteiger partial charge in [-0.1, -0.05) is 49.3 Å². The van der Waals surface area contributed by atoms with E-state index < -0.39 is 5.92 Å². The van der Waals surface area contributed by atoms with Crippen molar-refractivity contribution in [1.82, 2.24) is 5.16 Å². The molecular weight excluding hydrogens is 342 g/mol. The molecule has 2 aromatic rings. The number of carbonyl (C=O) groups is 1. The Morgan fingerprint density at radius 1 is 1.26 bits per heavy atom. The number of nitrogens with two attached hydrogens (primary N) is 1. The Hall–Kier alpha value is -3.33. The molecular formula is C21H19N3O3. The summed E-state index contributed by atoms with van der Waals surface area (Å²) in [6.45, 7) is 4.02. The van der Waals surface area contributed by atoms with E-state index in [2.05, 4.69) is 11.2 Å². The number of hydrogen-bond donors (Lipinski definition) is 1. The molecule has 2 N–H and O–H groups in total. The van der Waals surface area contributed by atoms with Crippen LogP contribution in [0.2, 0.25) is 0 Å². The lowest BCUT2D eigenvalue weighted by molar-refractivity contribution is -0.119. The number of nitrogens with zero attached hydrogens (tertiary/aromatic N) is 2. The molecule has 1 aliphatic heterocycles. The standard InChI is InChI=1S/C21H19N3O3/c1-21(2)9-15(25)19-17(10-21)26-20(23)13(11-22)18(19)14-8-16(27-24-14)12-6-4-3-5-7-12/h3-8,18H,9-10,23H2,1-2H3. The van der Waals surface area contributed by atoms with Crippen LogP contribution in [-0.2, 0) is 9.53 Å². The minimum absolute atomic E-state index is 0.0241. The summed E-state index contributed by atoms with van der Waals surface area (Å²) in [7, 11) is 0. The quantitative estimate of drug-likeness (QED) is 0.873. The second-order valence-corrected chi connectivity index (χ2v) is 7.68. The van der Waals surface area contributed by atoms with Crippen LogP contribution in [0.1, 0.15) is 38.3 Å². The van der Waals surface area contributed by atoms with Crippen molar-refractivity contribution < 1.29 is 14.1 Å². The first-order valence-electron chi connectivity index (χ1n) is 8.75. The number of ether oxygens (including phenoxy) is 1. The lowest BCUT2D eigenvalue weighted by Gasteiger charge is -2.36. The Morgan fingerprint density at radius 2 is 2.00 bits per heavy atom. The number of carbonyl (C=O) groups excluding carboxylic acids is 1. The van der Waals surface area contributed by atoms with Crippen molar-refractivity contribution in [3.63, 3.8) is 0 Å². The Morgan fingerprint density at radius 3 is 2.70 bits per heavy atom. The van der Waals surface area contributed by atoms with Gasteiger partial charge in [-0.25, -0.2) is 0 Å². The van der Waals surface area contributed by atoms with Gasteiger partial charge in [-0.05, 0) is 5.41 Å². The molecule has 0 bridgehead atoms. The highest BCUT2D eigenvalue weighted by molar-refractivity contribution is 6.00. The number of nitriles is 1. The lowest BCUT2D eigenvalue weighted by Crippen LogP contribution is -2.33. The van der Waals surface area contributed by atoms with E-state index in [-0.39, 0.29) is 22.7 Å². The second kappa shape index (κ2) is 6.13. The van der Waals surface area contributed by atoms with E-state index in [1.54, 1.807) is 6.07 Å².